The smallest absolute Gasteiger partial charge is 0.192 e. The lowest BCUT2D eigenvalue weighted by molar-refractivity contribution is 0.165. The average Bonchev–Trinajstić information content (AvgIpc) is 2.92. The van der Waals surface area contributed by atoms with Crippen LogP contribution in [0.3, 0.4) is 0 Å². The van der Waals surface area contributed by atoms with E-state index in [2.05, 4.69) is 26.4 Å². The molecule has 1 unspecified atom stereocenters. The second-order valence-corrected chi connectivity index (χ2v) is 4.01. The first-order valence-electron chi connectivity index (χ1n) is 5.83. The third-order valence-electron chi connectivity index (χ3n) is 3.06. The number of hydrogen-bond acceptors (Lipinski definition) is 5. The monoisotopic (exact) mass is 237 g/mol. The molecule has 0 aliphatic carbocycles. The predicted molar refractivity (Wildman–Crippen MR) is 65.7 cm³/mol. The summed E-state index contributed by atoms with van der Waals surface area (Å²) in [7, 11) is 1.69. The van der Waals surface area contributed by atoms with Crippen LogP contribution in [0.2, 0.25) is 0 Å². The number of methoxy groups -OCH3 is 1. The predicted octanol–water partition coefficient (Wildman–Crippen LogP) is 0.221. The summed E-state index contributed by atoms with van der Waals surface area (Å²) in [6.07, 6.45) is 3.74. The molecule has 0 amide bonds. The van der Waals surface area contributed by atoms with Gasteiger partial charge in [0.1, 0.15) is 0 Å². The van der Waals surface area contributed by atoms with E-state index >= 15 is 0 Å². The molecule has 0 radical (unpaired) electrons. The van der Waals surface area contributed by atoms with Crippen molar-refractivity contribution in [1.29, 1.82) is 0 Å². The van der Waals surface area contributed by atoms with Gasteiger partial charge >= 0.3 is 0 Å². The number of aromatic nitrogens is 2. The van der Waals surface area contributed by atoms with Crippen molar-refractivity contribution in [2.75, 3.05) is 26.8 Å². The first-order valence-corrected chi connectivity index (χ1v) is 5.83. The number of aryl methyl sites for hydroxylation is 1. The number of ether oxygens (including phenoxy) is 1. The van der Waals surface area contributed by atoms with Crippen LogP contribution >= 0.6 is 0 Å². The lowest BCUT2D eigenvalue weighted by Gasteiger charge is -2.26. The van der Waals surface area contributed by atoms with Crippen molar-refractivity contribution in [1.82, 2.24) is 14.5 Å². The number of guanidine groups is 1. The van der Waals surface area contributed by atoms with Gasteiger partial charge in [-0.2, -0.15) is 0 Å². The van der Waals surface area contributed by atoms with Gasteiger partial charge in [-0.05, 0) is 6.92 Å². The molecule has 6 nitrogen and oxygen atoms in total. The van der Waals surface area contributed by atoms with Crippen molar-refractivity contribution in [3.8, 4) is 0 Å². The minimum absolute atomic E-state index is 0.188. The fourth-order valence-corrected chi connectivity index (χ4v) is 2.11. The summed E-state index contributed by atoms with van der Waals surface area (Å²) in [5, 5.41) is 0. The van der Waals surface area contributed by atoms with Gasteiger partial charge in [-0.3, -0.25) is 4.99 Å². The molecule has 1 aromatic rings. The zero-order valence-electron chi connectivity index (χ0n) is 10.3. The van der Waals surface area contributed by atoms with Crippen molar-refractivity contribution in [3.05, 3.63) is 18.2 Å². The van der Waals surface area contributed by atoms with E-state index in [0.717, 1.165) is 18.8 Å². The Morgan fingerprint density at radius 2 is 2.41 bits per heavy atom. The first-order chi connectivity index (χ1) is 8.27. The van der Waals surface area contributed by atoms with E-state index in [0.29, 0.717) is 19.1 Å². The molecule has 0 saturated heterocycles. The fourth-order valence-electron chi connectivity index (χ4n) is 2.11. The van der Waals surface area contributed by atoms with Crippen LogP contribution < -0.4 is 5.73 Å². The van der Waals surface area contributed by atoms with E-state index < -0.39 is 0 Å². The van der Waals surface area contributed by atoms with Gasteiger partial charge in [0.15, 0.2) is 5.96 Å². The highest BCUT2D eigenvalue weighted by atomic mass is 16.5. The number of hydrogen-bond donors (Lipinski definition) is 1. The largest absolute Gasteiger partial charge is 0.383 e. The van der Waals surface area contributed by atoms with Gasteiger partial charge in [-0.25, -0.2) is 4.98 Å². The molecule has 0 aromatic carbocycles. The summed E-state index contributed by atoms with van der Waals surface area (Å²) in [6.45, 7) is 5.10. The second-order valence-electron chi connectivity index (χ2n) is 4.01. The zero-order valence-corrected chi connectivity index (χ0v) is 10.3. The lowest BCUT2D eigenvalue weighted by atomic mass is 10.2. The highest BCUT2D eigenvalue weighted by molar-refractivity contribution is 5.80. The SMILES string of the molecule is CCn1cncc1C1CN=C(N)N1CCOC. The Hall–Kier alpha value is -1.56. The van der Waals surface area contributed by atoms with E-state index in [1.165, 1.54) is 0 Å². The Balaban J connectivity index is 2.15. The normalized spacial score (nSPS) is 19.8. The van der Waals surface area contributed by atoms with E-state index in [1.807, 2.05) is 12.5 Å². The van der Waals surface area contributed by atoms with E-state index in [9.17, 15) is 0 Å². The molecule has 1 atom stereocenters. The van der Waals surface area contributed by atoms with E-state index in [1.54, 1.807) is 7.11 Å². The molecule has 6 heteroatoms. The summed E-state index contributed by atoms with van der Waals surface area (Å²) < 4.78 is 7.22. The number of aliphatic imine (C=N–C) groups is 1. The topological polar surface area (TPSA) is 68.7 Å². The molecule has 94 valence electrons. The molecule has 0 spiro atoms. The van der Waals surface area contributed by atoms with Crippen LogP contribution in [-0.2, 0) is 11.3 Å². The summed E-state index contributed by atoms with van der Waals surface area (Å²) in [5.74, 6) is 0.593. The molecule has 1 aliphatic heterocycles. The molecule has 17 heavy (non-hydrogen) atoms. The van der Waals surface area contributed by atoms with Crippen molar-refractivity contribution >= 4 is 5.96 Å². The van der Waals surface area contributed by atoms with Gasteiger partial charge in [-0.1, -0.05) is 0 Å². The van der Waals surface area contributed by atoms with E-state index in [4.69, 9.17) is 10.5 Å². The number of imidazole rings is 1. The third-order valence-corrected chi connectivity index (χ3v) is 3.06. The highest BCUT2D eigenvalue weighted by Gasteiger charge is 2.29. The summed E-state index contributed by atoms with van der Waals surface area (Å²) >= 11 is 0. The average molecular weight is 237 g/mol. The van der Waals surface area contributed by atoms with Crippen molar-refractivity contribution in [2.24, 2.45) is 10.7 Å². The van der Waals surface area contributed by atoms with Crippen LogP contribution in [0.25, 0.3) is 0 Å². The Bertz CT molecular complexity index is 400. The van der Waals surface area contributed by atoms with E-state index in [-0.39, 0.29) is 6.04 Å². The van der Waals surface area contributed by atoms with Crippen LogP contribution in [0.4, 0.5) is 0 Å². The van der Waals surface area contributed by atoms with Crippen LogP contribution in [0, 0.1) is 0 Å². The van der Waals surface area contributed by atoms with Crippen LogP contribution in [0.5, 0.6) is 0 Å². The zero-order chi connectivity index (χ0) is 12.3. The van der Waals surface area contributed by atoms with Gasteiger partial charge in [-0.15, -0.1) is 0 Å². The molecule has 2 N–H and O–H groups in total. The Morgan fingerprint density at radius 3 is 3.12 bits per heavy atom. The minimum atomic E-state index is 0.188. The summed E-state index contributed by atoms with van der Waals surface area (Å²) in [4.78, 5) is 10.6. The number of nitrogens with two attached hydrogens (primary N) is 1. The third kappa shape index (κ3) is 2.26. The molecular formula is C11H19N5O. The molecule has 2 heterocycles. The van der Waals surface area contributed by atoms with Crippen molar-refractivity contribution < 1.29 is 4.74 Å². The van der Waals surface area contributed by atoms with Crippen molar-refractivity contribution in [3.63, 3.8) is 0 Å². The fraction of sp³-hybridized carbons (Fsp3) is 0.636. The second kappa shape index (κ2) is 5.18. The van der Waals surface area contributed by atoms with Gasteiger partial charge in [0.2, 0.25) is 0 Å². The number of rotatable bonds is 5. The molecule has 0 bridgehead atoms. The standard InChI is InChI=1S/C11H19N5O/c1-3-15-8-13-6-9(15)10-7-14-11(12)16(10)4-5-17-2/h6,8,10H,3-5,7H2,1-2H3,(H2,12,14). The van der Waals surface area contributed by atoms with Crippen LogP contribution in [0.1, 0.15) is 18.7 Å². The van der Waals surface area contributed by atoms with Crippen LogP contribution in [-0.4, -0.2) is 47.2 Å². The van der Waals surface area contributed by atoms with Gasteiger partial charge in [0, 0.05) is 20.2 Å². The minimum Gasteiger partial charge on any atom is -0.383 e. The van der Waals surface area contributed by atoms with Gasteiger partial charge in [0.25, 0.3) is 0 Å². The Labute approximate surface area is 101 Å². The maximum absolute atomic E-state index is 5.90. The van der Waals surface area contributed by atoms with Crippen molar-refractivity contribution in [2.45, 2.75) is 19.5 Å². The number of nitrogens with zero attached hydrogens (tertiary/aromatic N) is 4. The molecule has 1 aliphatic rings. The molecule has 0 fully saturated rings. The Morgan fingerprint density at radius 1 is 1.59 bits per heavy atom. The molecule has 1 aromatic heterocycles. The van der Waals surface area contributed by atoms with Gasteiger partial charge in [0.05, 0.1) is 37.4 Å². The Kier molecular flexibility index (Phi) is 3.63. The quantitative estimate of drug-likeness (QED) is 0.795. The van der Waals surface area contributed by atoms with Gasteiger partial charge < -0.3 is 19.9 Å². The maximum Gasteiger partial charge on any atom is 0.192 e. The highest BCUT2D eigenvalue weighted by Crippen LogP contribution is 2.24. The molecular weight excluding hydrogens is 218 g/mol. The molecule has 0 saturated carbocycles. The molecule has 2 rings (SSSR count). The summed E-state index contributed by atoms with van der Waals surface area (Å²) in [6, 6.07) is 0.188. The van der Waals surface area contributed by atoms with Crippen LogP contribution in [0.15, 0.2) is 17.5 Å². The summed E-state index contributed by atoms with van der Waals surface area (Å²) in [5.41, 5.74) is 7.06. The lowest BCUT2D eigenvalue weighted by Crippen LogP contribution is -2.38. The maximum atomic E-state index is 5.90. The first kappa shape index (κ1) is 11.9.